The molecule has 0 aromatic carbocycles. The van der Waals surface area contributed by atoms with Crippen molar-refractivity contribution in [1.82, 2.24) is 15.5 Å². The Labute approximate surface area is 182 Å². The largest absolute Gasteiger partial charge is 0.392 e. The summed E-state index contributed by atoms with van der Waals surface area (Å²) in [5.41, 5.74) is -0.128. The number of hydrogen-bond donors (Lipinski definition) is 3. The topological polar surface area (TPSA) is 77.0 Å². The van der Waals surface area contributed by atoms with E-state index in [0.29, 0.717) is 6.54 Å². The van der Waals surface area contributed by atoms with Crippen LogP contribution < -0.4 is 10.6 Å². The van der Waals surface area contributed by atoms with Crippen molar-refractivity contribution in [2.45, 2.75) is 77.4 Å². The molecule has 4 atom stereocenters. The van der Waals surface area contributed by atoms with Crippen molar-refractivity contribution in [2.75, 3.05) is 27.2 Å². The minimum atomic E-state index is -0.264. The lowest BCUT2D eigenvalue weighted by molar-refractivity contribution is -0.134. The van der Waals surface area contributed by atoms with Crippen molar-refractivity contribution in [3.05, 3.63) is 0 Å². The monoisotopic (exact) mass is 494 g/mol. The van der Waals surface area contributed by atoms with Crippen molar-refractivity contribution in [1.29, 1.82) is 0 Å². The van der Waals surface area contributed by atoms with E-state index in [1.807, 2.05) is 14.1 Å². The molecule has 6 nitrogen and oxygen atoms in total. The maximum absolute atomic E-state index is 12.3. The zero-order valence-corrected chi connectivity index (χ0v) is 19.8. The Morgan fingerprint density at radius 2 is 1.96 bits per heavy atom. The van der Waals surface area contributed by atoms with Gasteiger partial charge < -0.3 is 20.6 Å². The quantitative estimate of drug-likeness (QED) is 0.312. The second kappa shape index (κ2) is 11.4. The summed E-state index contributed by atoms with van der Waals surface area (Å²) in [4.78, 5) is 18.8. The number of nitrogens with zero attached hydrogens (tertiary/aromatic N) is 2. The van der Waals surface area contributed by atoms with Gasteiger partial charge in [-0.3, -0.25) is 9.79 Å². The van der Waals surface area contributed by atoms with E-state index in [0.717, 1.165) is 57.5 Å². The third-order valence-corrected chi connectivity index (χ3v) is 6.03. The van der Waals surface area contributed by atoms with Crippen LogP contribution >= 0.6 is 24.0 Å². The van der Waals surface area contributed by atoms with Crippen LogP contribution in [0.1, 0.15) is 65.2 Å². The molecule has 0 aromatic heterocycles. The predicted molar refractivity (Wildman–Crippen MR) is 122 cm³/mol. The minimum Gasteiger partial charge on any atom is -0.392 e. The number of carbonyl (C=O) groups excluding carboxylic acids is 1. The number of carbonyl (C=O) groups is 1. The molecule has 1 amide bonds. The SMILES string of the molecule is CCNC(=NCC1(C)CCCCC1O)NC1CCCC(C(=O)N(C)C)C1.I. The molecule has 0 heterocycles. The second-order valence-corrected chi connectivity index (χ2v) is 8.55. The van der Waals surface area contributed by atoms with Crippen LogP contribution in [0.3, 0.4) is 0 Å². The molecule has 2 aliphatic carbocycles. The molecule has 0 bridgehead atoms. The van der Waals surface area contributed by atoms with Gasteiger partial charge in [0, 0.05) is 38.0 Å². The number of amides is 1. The van der Waals surface area contributed by atoms with Crippen molar-refractivity contribution in [3.63, 3.8) is 0 Å². The average molecular weight is 494 g/mol. The Bertz CT molecular complexity index is 500. The first kappa shape index (κ1) is 24.5. The fourth-order valence-corrected chi connectivity index (χ4v) is 4.25. The first-order valence-corrected chi connectivity index (χ1v) is 10.3. The maximum atomic E-state index is 12.3. The van der Waals surface area contributed by atoms with Crippen molar-refractivity contribution >= 4 is 35.8 Å². The highest BCUT2D eigenvalue weighted by molar-refractivity contribution is 14.0. The lowest BCUT2D eigenvalue weighted by atomic mass is 9.73. The lowest BCUT2D eigenvalue weighted by Crippen LogP contribution is -2.47. The zero-order chi connectivity index (χ0) is 19.2. The van der Waals surface area contributed by atoms with Crippen LogP contribution in [0.2, 0.25) is 0 Å². The highest BCUT2D eigenvalue weighted by atomic mass is 127. The summed E-state index contributed by atoms with van der Waals surface area (Å²) < 4.78 is 0. The standard InChI is InChI=1S/C20H38N4O2.HI/c1-5-21-19(22-14-20(2)12-7-6-11-17(20)25)23-16-10-8-9-15(13-16)18(26)24(3)4;/h15-17,25H,5-14H2,1-4H3,(H2,21,22,23);1H. The molecule has 0 spiro atoms. The van der Waals surface area contributed by atoms with E-state index in [2.05, 4.69) is 24.5 Å². The van der Waals surface area contributed by atoms with E-state index >= 15 is 0 Å². The van der Waals surface area contributed by atoms with Gasteiger partial charge >= 0.3 is 0 Å². The van der Waals surface area contributed by atoms with Gasteiger partial charge in [-0.15, -0.1) is 24.0 Å². The molecule has 2 aliphatic rings. The van der Waals surface area contributed by atoms with Crippen molar-refractivity contribution < 1.29 is 9.90 Å². The fourth-order valence-electron chi connectivity index (χ4n) is 4.25. The Morgan fingerprint density at radius 3 is 2.59 bits per heavy atom. The highest BCUT2D eigenvalue weighted by Gasteiger charge is 2.35. The highest BCUT2D eigenvalue weighted by Crippen LogP contribution is 2.36. The van der Waals surface area contributed by atoms with E-state index in [-0.39, 0.29) is 53.4 Å². The maximum Gasteiger partial charge on any atom is 0.225 e. The molecule has 2 saturated carbocycles. The first-order valence-electron chi connectivity index (χ1n) is 10.3. The van der Waals surface area contributed by atoms with Gasteiger partial charge in [0.1, 0.15) is 0 Å². The number of guanidine groups is 1. The summed E-state index contributed by atoms with van der Waals surface area (Å²) in [5.74, 6) is 1.16. The third kappa shape index (κ3) is 7.07. The van der Waals surface area contributed by atoms with Crippen molar-refractivity contribution in [3.8, 4) is 0 Å². The summed E-state index contributed by atoms with van der Waals surface area (Å²) >= 11 is 0. The van der Waals surface area contributed by atoms with Crippen LogP contribution in [0.15, 0.2) is 4.99 Å². The molecule has 4 unspecified atom stereocenters. The number of halogens is 1. The van der Waals surface area contributed by atoms with Gasteiger partial charge in [-0.05, 0) is 39.0 Å². The van der Waals surface area contributed by atoms with Crippen LogP contribution in [-0.4, -0.2) is 61.2 Å². The molecule has 7 heteroatoms. The Kier molecular flexibility index (Phi) is 10.4. The van der Waals surface area contributed by atoms with E-state index < -0.39 is 0 Å². The molecule has 3 N–H and O–H groups in total. The molecule has 158 valence electrons. The smallest absolute Gasteiger partial charge is 0.225 e. The van der Waals surface area contributed by atoms with Gasteiger partial charge in [0.2, 0.25) is 5.91 Å². The predicted octanol–water partition coefficient (Wildman–Crippen LogP) is 2.75. The summed E-state index contributed by atoms with van der Waals surface area (Å²) in [5, 5.41) is 17.3. The molecule has 27 heavy (non-hydrogen) atoms. The lowest BCUT2D eigenvalue weighted by Gasteiger charge is -2.37. The number of aliphatic imine (C=N–C) groups is 1. The van der Waals surface area contributed by atoms with E-state index in [9.17, 15) is 9.90 Å². The Hall–Kier alpha value is -0.570. The fraction of sp³-hybridized carbons (Fsp3) is 0.900. The summed E-state index contributed by atoms with van der Waals surface area (Å²) in [6.45, 7) is 5.65. The molecule has 2 fully saturated rings. The molecule has 2 rings (SSSR count). The van der Waals surface area contributed by atoms with Gasteiger partial charge in [0.25, 0.3) is 0 Å². The Morgan fingerprint density at radius 1 is 1.22 bits per heavy atom. The number of aliphatic hydroxyl groups is 1. The number of aliphatic hydroxyl groups excluding tert-OH is 1. The summed E-state index contributed by atoms with van der Waals surface area (Å²) in [6.07, 6.45) is 7.91. The third-order valence-electron chi connectivity index (χ3n) is 6.03. The molecular formula is C20H39IN4O2. The molecule has 0 aliphatic heterocycles. The van der Waals surface area contributed by atoms with E-state index in [1.165, 1.54) is 6.42 Å². The summed E-state index contributed by atoms with van der Waals surface area (Å²) in [7, 11) is 3.67. The first-order chi connectivity index (χ1) is 12.4. The summed E-state index contributed by atoms with van der Waals surface area (Å²) in [6, 6.07) is 0.277. The van der Waals surface area contributed by atoms with Crippen LogP contribution in [0, 0.1) is 11.3 Å². The van der Waals surface area contributed by atoms with E-state index in [4.69, 9.17) is 4.99 Å². The second-order valence-electron chi connectivity index (χ2n) is 8.55. The zero-order valence-electron chi connectivity index (χ0n) is 17.5. The van der Waals surface area contributed by atoms with Crippen molar-refractivity contribution in [2.24, 2.45) is 16.3 Å². The molecule has 0 aromatic rings. The number of hydrogen-bond acceptors (Lipinski definition) is 3. The minimum absolute atomic E-state index is 0. The van der Waals surface area contributed by atoms with Crippen LogP contribution in [0.5, 0.6) is 0 Å². The van der Waals surface area contributed by atoms with E-state index in [1.54, 1.807) is 4.90 Å². The van der Waals surface area contributed by atoms with Crippen LogP contribution in [0.4, 0.5) is 0 Å². The normalized spacial score (nSPS) is 31.6. The number of nitrogens with one attached hydrogen (secondary N) is 2. The molecule has 0 radical (unpaired) electrons. The molecular weight excluding hydrogens is 455 g/mol. The van der Waals surface area contributed by atoms with Gasteiger partial charge in [0.05, 0.1) is 12.6 Å². The Balaban J connectivity index is 0.00000364. The van der Waals surface area contributed by atoms with Gasteiger partial charge in [-0.25, -0.2) is 0 Å². The van der Waals surface area contributed by atoms with Gasteiger partial charge in [-0.1, -0.05) is 26.2 Å². The average Bonchev–Trinajstić information content (AvgIpc) is 2.62. The van der Waals surface area contributed by atoms with Crippen LogP contribution in [0.25, 0.3) is 0 Å². The number of rotatable bonds is 5. The van der Waals surface area contributed by atoms with Gasteiger partial charge in [-0.2, -0.15) is 0 Å². The molecule has 0 saturated heterocycles. The van der Waals surface area contributed by atoms with Crippen LogP contribution in [-0.2, 0) is 4.79 Å². The van der Waals surface area contributed by atoms with Gasteiger partial charge in [0.15, 0.2) is 5.96 Å².